The number of sulfonamides is 1. The molecule has 3 aromatic rings. The van der Waals surface area contributed by atoms with Gasteiger partial charge in [-0.2, -0.15) is 0 Å². The lowest BCUT2D eigenvalue weighted by molar-refractivity contribution is 0.0922. The summed E-state index contributed by atoms with van der Waals surface area (Å²) in [6.45, 7) is 0. The Kier molecular flexibility index (Phi) is 5.85. The molecule has 0 unspecified atom stereocenters. The van der Waals surface area contributed by atoms with Gasteiger partial charge in [0.2, 0.25) is 5.89 Å². The van der Waals surface area contributed by atoms with Gasteiger partial charge in [-0.1, -0.05) is 37.5 Å². The molecule has 1 aliphatic rings. The van der Waals surface area contributed by atoms with Crippen LogP contribution in [0.15, 0.2) is 70.2 Å². The van der Waals surface area contributed by atoms with E-state index in [-0.39, 0.29) is 22.5 Å². The Labute approximate surface area is 175 Å². The van der Waals surface area contributed by atoms with Crippen molar-refractivity contribution in [2.24, 2.45) is 0 Å². The van der Waals surface area contributed by atoms with Crippen molar-refractivity contribution < 1.29 is 17.6 Å². The van der Waals surface area contributed by atoms with E-state index < -0.39 is 10.0 Å². The number of carbonyl (C=O) groups is 1. The molecular formula is C22H23N3O4S. The molecule has 0 spiro atoms. The maximum absolute atomic E-state index is 12.4. The van der Waals surface area contributed by atoms with Crippen molar-refractivity contribution >= 4 is 21.6 Å². The van der Waals surface area contributed by atoms with E-state index in [2.05, 4.69) is 15.0 Å². The Balaban J connectivity index is 1.42. The number of rotatable bonds is 6. The van der Waals surface area contributed by atoms with Crippen molar-refractivity contribution in [1.29, 1.82) is 0 Å². The number of nitrogens with one attached hydrogen (secondary N) is 2. The zero-order valence-electron chi connectivity index (χ0n) is 16.4. The van der Waals surface area contributed by atoms with Crippen molar-refractivity contribution in [3.8, 4) is 11.5 Å². The lowest BCUT2D eigenvalue weighted by Crippen LogP contribution is -2.36. The van der Waals surface area contributed by atoms with Gasteiger partial charge in [0.25, 0.3) is 15.9 Å². The first-order valence-electron chi connectivity index (χ1n) is 9.96. The summed E-state index contributed by atoms with van der Waals surface area (Å²) in [5, 5.41) is 3.01. The quantitative estimate of drug-likeness (QED) is 0.616. The highest BCUT2D eigenvalue weighted by molar-refractivity contribution is 7.92. The van der Waals surface area contributed by atoms with Crippen LogP contribution >= 0.6 is 0 Å². The smallest absolute Gasteiger partial charge is 0.273 e. The van der Waals surface area contributed by atoms with Crippen LogP contribution in [0.25, 0.3) is 11.5 Å². The summed E-state index contributed by atoms with van der Waals surface area (Å²) in [5.74, 6) is 0.0744. The standard InChI is InChI=1S/C22H23N3O4S/c26-21(23-17-7-3-1-4-8-17)20-15-29-22(24-20)16-11-13-18(14-12-16)25-30(27,28)19-9-5-2-6-10-19/h2,5-6,9-15,17,25H,1,3-4,7-8H2,(H,23,26). The van der Waals surface area contributed by atoms with Crippen LogP contribution in [0.4, 0.5) is 5.69 Å². The molecule has 8 heteroatoms. The van der Waals surface area contributed by atoms with Gasteiger partial charge in [0, 0.05) is 17.3 Å². The second-order valence-corrected chi connectivity index (χ2v) is 9.02. The first-order chi connectivity index (χ1) is 14.5. The van der Waals surface area contributed by atoms with Gasteiger partial charge in [0.15, 0.2) is 5.69 Å². The van der Waals surface area contributed by atoms with Gasteiger partial charge in [0.1, 0.15) is 6.26 Å². The van der Waals surface area contributed by atoms with E-state index in [1.165, 1.54) is 24.8 Å². The number of carbonyl (C=O) groups excluding carboxylic acids is 1. The second-order valence-electron chi connectivity index (χ2n) is 7.34. The number of hydrogen-bond acceptors (Lipinski definition) is 5. The third kappa shape index (κ3) is 4.71. The van der Waals surface area contributed by atoms with E-state index >= 15 is 0 Å². The average molecular weight is 426 g/mol. The van der Waals surface area contributed by atoms with Crippen molar-refractivity contribution in [2.75, 3.05) is 4.72 Å². The highest BCUT2D eigenvalue weighted by atomic mass is 32.2. The van der Waals surface area contributed by atoms with Crippen LogP contribution in [-0.2, 0) is 10.0 Å². The minimum absolute atomic E-state index is 0.190. The Hall–Kier alpha value is -3.13. The summed E-state index contributed by atoms with van der Waals surface area (Å²) in [7, 11) is -3.65. The highest BCUT2D eigenvalue weighted by Crippen LogP contribution is 2.23. The normalized spacial score (nSPS) is 14.9. The van der Waals surface area contributed by atoms with E-state index in [0.717, 1.165) is 25.7 Å². The molecule has 30 heavy (non-hydrogen) atoms. The van der Waals surface area contributed by atoms with Crippen molar-refractivity contribution in [3.63, 3.8) is 0 Å². The van der Waals surface area contributed by atoms with E-state index in [0.29, 0.717) is 17.1 Å². The SMILES string of the molecule is O=C(NC1CCCCC1)c1coc(-c2ccc(NS(=O)(=O)c3ccccc3)cc2)n1. The van der Waals surface area contributed by atoms with Crippen molar-refractivity contribution in [2.45, 2.75) is 43.0 Å². The van der Waals surface area contributed by atoms with Crippen LogP contribution < -0.4 is 10.0 Å². The maximum Gasteiger partial charge on any atom is 0.273 e. The fourth-order valence-electron chi connectivity index (χ4n) is 3.51. The molecule has 2 aromatic carbocycles. The molecule has 1 amide bonds. The summed E-state index contributed by atoms with van der Waals surface area (Å²) in [6, 6.07) is 15.0. The molecule has 2 N–H and O–H groups in total. The molecule has 0 saturated heterocycles. The van der Waals surface area contributed by atoms with E-state index in [9.17, 15) is 13.2 Å². The monoisotopic (exact) mass is 425 g/mol. The predicted octanol–water partition coefficient (Wildman–Crippen LogP) is 4.20. The van der Waals surface area contributed by atoms with E-state index in [1.807, 2.05) is 0 Å². The lowest BCUT2D eigenvalue weighted by Gasteiger charge is -2.22. The number of nitrogens with zero attached hydrogens (tertiary/aromatic N) is 1. The number of amides is 1. The summed E-state index contributed by atoms with van der Waals surface area (Å²) in [5.41, 5.74) is 1.31. The average Bonchev–Trinajstić information content (AvgIpc) is 3.26. The van der Waals surface area contributed by atoms with E-state index in [1.54, 1.807) is 42.5 Å². The predicted molar refractivity (Wildman–Crippen MR) is 114 cm³/mol. The van der Waals surface area contributed by atoms with Crippen LogP contribution in [0.1, 0.15) is 42.6 Å². The van der Waals surface area contributed by atoms with Gasteiger partial charge >= 0.3 is 0 Å². The molecule has 0 atom stereocenters. The molecule has 7 nitrogen and oxygen atoms in total. The lowest BCUT2D eigenvalue weighted by atomic mass is 9.95. The maximum atomic E-state index is 12.4. The first kappa shape index (κ1) is 20.2. The molecule has 1 aromatic heterocycles. The fourth-order valence-corrected chi connectivity index (χ4v) is 4.59. The minimum atomic E-state index is -3.65. The van der Waals surface area contributed by atoms with Crippen LogP contribution in [-0.4, -0.2) is 25.4 Å². The van der Waals surface area contributed by atoms with Crippen LogP contribution in [0, 0.1) is 0 Å². The van der Waals surface area contributed by atoms with Gasteiger partial charge in [0.05, 0.1) is 4.90 Å². The zero-order valence-corrected chi connectivity index (χ0v) is 17.2. The minimum Gasteiger partial charge on any atom is -0.444 e. The van der Waals surface area contributed by atoms with Gasteiger partial charge in [-0.3, -0.25) is 9.52 Å². The molecule has 156 valence electrons. The fraction of sp³-hybridized carbons (Fsp3) is 0.273. The Morgan fingerprint density at radius 3 is 2.37 bits per heavy atom. The summed E-state index contributed by atoms with van der Waals surface area (Å²) >= 11 is 0. The van der Waals surface area contributed by atoms with Crippen molar-refractivity contribution in [3.05, 3.63) is 66.6 Å². The number of hydrogen-bond donors (Lipinski definition) is 2. The Bertz CT molecular complexity index is 1100. The summed E-state index contributed by atoms with van der Waals surface area (Å²) < 4.78 is 32.8. The molecule has 1 fully saturated rings. The molecule has 1 heterocycles. The van der Waals surface area contributed by atoms with Gasteiger partial charge < -0.3 is 9.73 Å². The van der Waals surface area contributed by atoms with Crippen LogP contribution in [0.2, 0.25) is 0 Å². The number of anilines is 1. The van der Waals surface area contributed by atoms with Crippen LogP contribution in [0.5, 0.6) is 0 Å². The molecule has 0 aliphatic heterocycles. The van der Waals surface area contributed by atoms with Crippen LogP contribution in [0.3, 0.4) is 0 Å². The number of oxazole rings is 1. The second kappa shape index (κ2) is 8.71. The van der Waals surface area contributed by atoms with E-state index in [4.69, 9.17) is 4.42 Å². The first-order valence-corrected chi connectivity index (χ1v) is 11.4. The molecule has 1 aliphatic carbocycles. The van der Waals surface area contributed by atoms with Gasteiger partial charge in [-0.25, -0.2) is 13.4 Å². The summed E-state index contributed by atoms with van der Waals surface area (Å²) in [6.07, 6.45) is 6.83. The third-order valence-corrected chi connectivity index (χ3v) is 6.51. The molecule has 0 bridgehead atoms. The molecule has 4 rings (SSSR count). The van der Waals surface area contributed by atoms with Crippen molar-refractivity contribution in [1.82, 2.24) is 10.3 Å². The molecule has 0 radical (unpaired) electrons. The largest absolute Gasteiger partial charge is 0.444 e. The van der Waals surface area contributed by atoms with Gasteiger partial charge in [-0.15, -0.1) is 0 Å². The molecular weight excluding hydrogens is 402 g/mol. The number of benzene rings is 2. The topological polar surface area (TPSA) is 101 Å². The zero-order chi connectivity index (χ0) is 21.0. The Morgan fingerprint density at radius 1 is 0.967 bits per heavy atom. The number of aromatic nitrogens is 1. The molecule has 1 saturated carbocycles. The highest BCUT2D eigenvalue weighted by Gasteiger charge is 2.20. The van der Waals surface area contributed by atoms with Gasteiger partial charge in [-0.05, 0) is 49.2 Å². The summed E-state index contributed by atoms with van der Waals surface area (Å²) in [4.78, 5) is 16.9. The Morgan fingerprint density at radius 2 is 1.67 bits per heavy atom. The third-order valence-electron chi connectivity index (χ3n) is 5.11.